The van der Waals surface area contributed by atoms with Gasteiger partial charge in [0.15, 0.2) is 5.78 Å². The van der Waals surface area contributed by atoms with Crippen LogP contribution in [0.2, 0.25) is 0 Å². The van der Waals surface area contributed by atoms with Crippen molar-refractivity contribution in [2.24, 2.45) is 17.8 Å². The molecule has 3 nitrogen and oxygen atoms in total. The number of likely N-dealkylation sites (tertiary alicyclic amines) is 1. The molecule has 1 N–H and O–H groups in total. The summed E-state index contributed by atoms with van der Waals surface area (Å²) in [5.41, 5.74) is 0.423. The average Bonchev–Trinajstić information content (AvgIpc) is 2.47. The number of phenols is 1. The lowest BCUT2D eigenvalue weighted by Gasteiger charge is -2.41. The first kappa shape index (κ1) is 14.1. The predicted molar refractivity (Wildman–Crippen MR) is 83.3 cm³/mol. The summed E-state index contributed by atoms with van der Waals surface area (Å²) < 4.78 is 0. The minimum Gasteiger partial charge on any atom is -0.507 e. The van der Waals surface area contributed by atoms with Crippen LogP contribution in [-0.4, -0.2) is 35.4 Å². The Labute approximate surface area is 125 Å². The van der Waals surface area contributed by atoms with Gasteiger partial charge in [-0.2, -0.15) is 0 Å². The SMILES string of the molecule is C[C@@H]1CN(CC(=O)c2ccccc2O)C[C@@H]2C=CC=C[C@H]12. The number of fused-ring (bicyclic) bond motifs is 1. The lowest BCUT2D eigenvalue weighted by atomic mass is 9.76. The molecule has 1 aromatic rings. The van der Waals surface area contributed by atoms with Crippen molar-refractivity contribution in [1.29, 1.82) is 0 Å². The number of benzene rings is 1. The Bertz CT molecular complexity index is 591. The third-order valence-electron chi connectivity index (χ3n) is 4.54. The van der Waals surface area contributed by atoms with Crippen LogP contribution in [0.5, 0.6) is 5.75 Å². The summed E-state index contributed by atoms with van der Waals surface area (Å²) in [6, 6.07) is 6.78. The van der Waals surface area contributed by atoms with Crippen LogP contribution in [-0.2, 0) is 0 Å². The molecule has 0 unspecified atom stereocenters. The molecule has 1 aromatic carbocycles. The molecule has 1 fully saturated rings. The highest BCUT2D eigenvalue weighted by atomic mass is 16.3. The number of aromatic hydroxyl groups is 1. The zero-order valence-corrected chi connectivity index (χ0v) is 12.3. The number of allylic oxidation sites excluding steroid dienone is 3. The second kappa shape index (κ2) is 5.86. The first-order valence-corrected chi connectivity index (χ1v) is 7.53. The maximum absolute atomic E-state index is 12.4. The van der Waals surface area contributed by atoms with E-state index in [4.69, 9.17) is 0 Å². The number of hydrogen-bond acceptors (Lipinski definition) is 3. The lowest BCUT2D eigenvalue weighted by molar-refractivity contribution is 0.0798. The van der Waals surface area contributed by atoms with Gasteiger partial charge in [0, 0.05) is 13.1 Å². The van der Waals surface area contributed by atoms with E-state index in [-0.39, 0.29) is 11.5 Å². The Kier molecular flexibility index (Phi) is 3.93. The van der Waals surface area contributed by atoms with E-state index in [1.807, 2.05) is 0 Å². The Morgan fingerprint density at radius 2 is 2.00 bits per heavy atom. The third kappa shape index (κ3) is 2.93. The van der Waals surface area contributed by atoms with Gasteiger partial charge in [-0.05, 0) is 29.9 Å². The van der Waals surface area contributed by atoms with Gasteiger partial charge < -0.3 is 5.11 Å². The molecule has 1 aliphatic carbocycles. The zero-order valence-electron chi connectivity index (χ0n) is 12.3. The van der Waals surface area contributed by atoms with Crippen molar-refractivity contribution in [3.05, 3.63) is 54.1 Å². The van der Waals surface area contributed by atoms with Crippen molar-refractivity contribution in [2.45, 2.75) is 6.92 Å². The summed E-state index contributed by atoms with van der Waals surface area (Å²) in [5.74, 6) is 1.70. The number of nitrogens with zero attached hydrogens (tertiary/aromatic N) is 1. The van der Waals surface area contributed by atoms with Crippen LogP contribution in [0, 0.1) is 17.8 Å². The van der Waals surface area contributed by atoms with Gasteiger partial charge >= 0.3 is 0 Å². The molecule has 0 bridgehead atoms. The first-order chi connectivity index (χ1) is 10.1. The third-order valence-corrected chi connectivity index (χ3v) is 4.54. The number of carbonyl (C=O) groups excluding carboxylic acids is 1. The van der Waals surface area contributed by atoms with Crippen LogP contribution in [0.1, 0.15) is 17.3 Å². The quantitative estimate of drug-likeness (QED) is 0.867. The molecule has 0 spiro atoms. The number of piperidine rings is 1. The van der Waals surface area contributed by atoms with Gasteiger partial charge in [-0.3, -0.25) is 9.69 Å². The topological polar surface area (TPSA) is 40.5 Å². The fraction of sp³-hybridized carbons (Fsp3) is 0.389. The number of hydrogen-bond donors (Lipinski definition) is 1. The van der Waals surface area contributed by atoms with Crippen molar-refractivity contribution < 1.29 is 9.90 Å². The van der Waals surface area contributed by atoms with E-state index >= 15 is 0 Å². The van der Waals surface area contributed by atoms with Gasteiger partial charge in [-0.1, -0.05) is 43.4 Å². The molecular formula is C18H21NO2. The summed E-state index contributed by atoms with van der Waals surface area (Å²) in [6.07, 6.45) is 8.76. The zero-order chi connectivity index (χ0) is 14.8. The summed E-state index contributed by atoms with van der Waals surface area (Å²) in [4.78, 5) is 14.6. The number of Topliss-reactive ketones (excluding diaryl/α,β-unsaturated/α-hetero) is 1. The van der Waals surface area contributed by atoms with Crippen LogP contribution >= 0.6 is 0 Å². The van der Waals surface area contributed by atoms with Gasteiger partial charge in [0.1, 0.15) is 5.75 Å². The molecule has 3 heteroatoms. The van der Waals surface area contributed by atoms with Gasteiger partial charge in [-0.25, -0.2) is 0 Å². The summed E-state index contributed by atoms with van der Waals surface area (Å²) >= 11 is 0. The van der Waals surface area contributed by atoms with E-state index < -0.39 is 0 Å². The molecule has 0 saturated carbocycles. The monoisotopic (exact) mass is 283 g/mol. The molecule has 1 heterocycles. The number of phenolic OH excluding ortho intramolecular Hbond substituents is 1. The first-order valence-electron chi connectivity index (χ1n) is 7.53. The molecule has 2 aliphatic rings. The molecule has 1 saturated heterocycles. The predicted octanol–water partition coefficient (Wildman–Crippen LogP) is 2.89. The molecule has 0 radical (unpaired) electrons. The Hall–Kier alpha value is -1.87. The van der Waals surface area contributed by atoms with Crippen LogP contribution < -0.4 is 0 Å². The number of carbonyl (C=O) groups is 1. The van der Waals surface area contributed by atoms with Crippen molar-refractivity contribution in [3.63, 3.8) is 0 Å². The average molecular weight is 283 g/mol. The van der Waals surface area contributed by atoms with Crippen LogP contribution in [0.4, 0.5) is 0 Å². The van der Waals surface area contributed by atoms with E-state index in [9.17, 15) is 9.90 Å². The van der Waals surface area contributed by atoms with E-state index in [1.165, 1.54) is 0 Å². The molecule has 21 heavy (non-hydrogen) atoms. The van der Waals surface area contributed by atoms with E-state index in [0.717, 1.165) is 13.1 Å². The second-order valence-corrected chi connectivity index (χ2v) is 6.12. The molecule has 3 atom stereocenters. The van der Waals surface area contributed by atoms with E-state index in [2.05, 4.69) is 36.1 Å². The molecule has 0 aromatic heterocycles. The van der Waals surface area contributed by atoms with E-state index in [1.54, 1.807) is 24.3 Å². The van der Waals surface area contributed by atoms with Gasteiger partial charge in [-0.15, -0.1) is 0 Å². The highest BCUT2D eigenvalue weighted by molar-refractivity contribution is 5.99. The number of ketones is 1. The maximum atomic E-state index is 12.4. The van der Waals surface area contributed by atoms with Crippen molar-refractivity contribution >= 4 is 5.78 Å². The summed E-state index contributed by atoms with van der Waals surface area (Å²) in [7, 11) is 0. The lowest BCUT2D eigenvalue weighted by Crippen LogP contribution is -2.46. The standard InChI is InChI=1S/C18H21NO2/c1-13-10-19(11-14-6-2-3-7-15(13)14)12-18(21)16-8-4-5-9-17(16)20/h2-9,13-15,20H,10-12H2,1H3/t13-,14+,15-/m1/s1. The summed E-state index contributed by atoms with van der Waals surface area (Å²) in [5, 5.41) is 9.79. The Morgan fingerprint density at radius 3 is 2.81 bits per heavy atom. The second-order valence-electron chi connectivity index (χ2n) is 6.12. The van der Waals surface area contributed by atoms with Crippen LogP contribution in [0.25, 0.3) is 0 Å². The highest BCUT2D eigenvalue weighted by Crippen LogP contribution is 2.32. The minimum absolute atomic E-state index is 0.00548. The van der Waals surface area contributed by atoms with Crippen molar-refractivity contribution in [3.8, 4) is 5.75 Å². The highest BCUT2D eigenvalue weighted by Gasteiger charge is 2.33. The molecule has 1 aliphatic heterocycles. The van der Waals surface area contributed by atoms with Crippen LogP contribution in [0.15, 0.2) is 48.6 Å². The fourth-order valence-corrected chi connectivity index (χ4v) is 3.49. The van der Waals surface area contributed by atoms with Crippen LogP contribution in [0.3, 0.4) is 0 Å². The van der Waals surface area contributed by atoms with E-state index in [0.29, 0.717) is 29.9 Å². The fourth-order valence-electron chi connectivity index (χ4n) is 3.49. The molecule has 0 amide bonds. The normalized spacial score (nSPS) is 28.3. The molecular weight excluding hydrogens is 262 g/mol. The Balaban J connectivity index is 1.69. The van der Waals surface area contributed by atoms with Gasteiger partial charge in [0.25, 0.3) is 0 Å². The smallest absolute Gasteiger partial charge is 0.180 e. The Morgan fingerprint density at radius 1 is 1.24 bits per heavy atom. The van der Waals surface area contributed by atoms with Crippen molar-refractivity contribution in [1.82, 2.24) is 4.90 Å². The van der Waals surface area contributed by atoms with Gasteiger partial charge in [0.2, 0.25) is 0 Å². The maximum Gasteiger partial charge on any atom is 0.180 e. The summed E-state index contributed by atoms with van der Waals surface area (Å²) in [6.45, 7) is 4.47. The molecule has 3 rings (SSSR count). The largest absolute Gasteiger partial charge is 0.507 e. The minimum atomic E-state index is -0.00548. The molecule has 110 valence electrons. The van der Waals surface area contributed by atoms with Gasteiger partial charge in [0.05, 0.1) is 12.1 Å². The van der Waals surface area contributed by atoms with Crippen molar-refractivity contribution in [2.75, 3.05) is 19.6 Å². The number of para-hydroxylation sites is 1. The number of rotatable bonds is 3.